The van der Waals surface area contributed by atoms with Gasteiger partial charge in [0.2, 0.25) is 0 Å². The van der Waals surface area contributed by atoms with Crippen LogP contribution in [0, 0.1) is 11.3 Å². The van der Waals surface area contributed by atoms with Crippen LogP contribution in [-0.2, 0) is 11.2 Å². The van der Waals surface area contributed by atoms with Gasteiger partial charge in [-0.1, -0.05) is 12.1 Å². The lowest BCUT2D eigenvalue weighted by molar-refractivity contribution is -0.140. The largest absolute Gasteiger partial charge is 0.480 e. The fourth-order valence-corrected chi connectivity index (χ4v) is 1.67. The third kappa shape index (κ3) is 2.33. The molecule has 0 spiro atoms. The van der Waals surface area contributed by atoms with E-state index in [1.807, 2.05) is 6.07 Å². The highest BCUT2D eigenvalue weighted by Crippen LogP contribution is 2.35. The SMILES string of the molecule is N#CCc1ccc(C(=O)NC2(C(=O)O)CC2)cc1. The number of carboxylic acids is 1. The number of hydrogen-bond acceptors (Lipinski definition) is 3. The van der Waals surface area contributed by atoms with Gasteiger partial charge in [-0.2, -0.15) is 5.26 Å². The number of nitriles is 1. The van der Waals surface area contributed by atoms with Crippen molar-refractivity contribution in [3.63, 3.8) is 0 Å². The first-order valence-corrected chi connectivity index (χ1v) is 5.59. The van der Waals surface area contributed by atoms with Crippen molar-refractivity contribution in [2.75, 3.05) is 0 Å². The summed E-state index contributed by atoms with van der Waals surface area (Å²) in [5.41, 5.74) is 0.167. The van der Waals surface area contributed by atoms with Crippen LogP contribution >= 0.6 is 0 Å². The summed E-state index contributed by atoms with van der Waals surface area (Å²) in [4.78, 5) is 22.8. The van der Waals surface area contributed by atoms with Crippen molar-refractivity contribution in [1.82, 2.24) is 5.32 Å². The summed E-state index contributed by atoms with van der Waals surface area (Å²) in [6.45, 7) is 0. The molecule has 1 aromatic rings. The van der Waals surface area contributed by atoms with Gasteiger partial charge in [0.15, 0.2) is 0 Å². The second-order valence-electron chi connectivity index (χ2n) is 4.37. The van der Waals surface area contributed by atoms with Crippen molar-refractivity contribution in [1.29, 1.82) is 5.26 Å². The van der Waals surface area contributed by atoms with E-state index >= 15 is 0 Å². The van der Waals surface area contributed by atoms with E-state index in [4.69, 9.17) is 10.4 Å². The van der Waals surface area contributed by atoms with Crippen LogP contribution in [0.1, 0.15) is 28.8 Å². The number of carbonyl (C=O) groups excluding carboxylic acids is 1. The summed E-state index contributed by atoms with van der Waals surface area (Å²) in [5, 5.41) is 20.0. The zero-order valence-corrected chi connectivity index (χ0v) is 9.64. The molecule has 0 radical (unpaired) electrons. The molecule has 5 nitrogen and oxygen atoms in total. The number of nitrogens with one attached hydrogen (secondary N) is 1. The lowest BCUT2D eigenvalue weighted by Gasteiger charge is -2.12. The van der Waals surface area contributed by atoms with Crippen LogP contribution in [0.25, 0.3) is 0 Å². The molecule has 1 aliphatic carbocycles. The summed E-state index contributed by atoms with van der Waals surface area (Å²) >= 11 is 0. The summed E-state index contributed by atoms with van der Waals surface area (Å²) in [6, 6.07) is 8.60. The topological polar surface area (TPSA) is 90.2 Å². The molecule has 2 rings (SSSR count). The molecule has 0 heterocycles. The van der Waals surface area contributed by atoms with Crippen molar-refractivity contribution >= 4 is 11.9 Å². The van der Waals surface area contributed by atoms with Crippen molar-refractivity contribution in [2.45, 2.75) is 24.8 Å². The molecule has 1 aliphatic rings. The Morgan fingerprint density at radius 2 is 1.94 bits per heavy atom. The third-order valence-corrected chi connectivity index (χ3v) is 3.01. The molecule has 0 aromatic heterocycles. The first-order valence-electron chi connectivity index (χ1n) is 5.59. The molecule has 0 bridgehead atoms. The zero-order valence-electron chi connectivity index (χ0n) is 9.64. The Morgan fingerprint density at radius 1 is 1.33 bits per heavy atom. The first kappa shape index (κ1) is 12.1. The Bertz CT molecular complexity index is 524. The highest BCUT2D eigenvalue weighted by Gasteiger charge is 2.51. The van der Waals surface area contributed by atoms with E-state index in [-0.39, 0.29) is 0 Å². The summed E-state index contributed by atoms with van der Waals surface area (Å²) in [5.74, 6) is -1.38. The lowest BCUT2D eigenvalue weighted by Crippen LogP contribution is -2.43. The molecule has 2 N–H and O–H groups in total. The van der Waals surface area contributed by atoms with Crippen molar-refractivity contribution in [2.24, 2.45) is 0 Å². The smallest absolute Gasteiger partial charge is 0.329 e. The van der Waals surface area contributed by atoms with E-state index in [2.05, 4.69) is 5.32 Å². The van der Waals surface area contributed by atoms with Gasteiger partial charge in [-0.05, 0) is 30.5 Å². The highest BCUT2D eigenvalue weighted by molar-refractivity contribution is 5.98. The van der Waals surface area contributed by atoms with Gasteiger partial charge >= 0.3 is 5.97 Å². The maximum Gasteiger partial charge on any atom is 0.329 e. The quantitative estimate of drug-likeness (QED) is 0.829. The van der Waals surface area contributed by atoms with Crippen molar-refractivity contribution < 1.29 is 14.7 Å². The van der Waals surface area contributed by atoms with E-state index in [0.717, 1.165) is 5.56 Å². The molecular formula is C13H12N2O3. The Kier molecular flexibility index (Phi) is 3.02. The molecular weight excluding hydrogens is 232 g/mol. The van der Waals surface area contributed by atoms with Gasteiger partial charge in [-0.25, -0.2) is 4.79 Å². The molecule has 92 valence electrons. The molecule has 1 aromatic carbocycles. The molecule has 0 saturated heterocycles. The minimum atomic E-state index is -1.07. The van der Waals surface area contributed by atoms with Gasteiger partial charge in [-0.15, -0.1) is 0 Å². The van der Waals surface area contributed by atoms with E-state index in [9.17, 15) is 9.59 Å². The number of aliphatic carboxylic acids is 1. The number of hydrogen-bond donors (Lipinski definition) is 2. The monoisotopic (exact) mass is 244 g/mol. The van der Waals surface area contributed by atoms with E-state index in [0.29, 0.717) is 24.8 Å². The molecule has 1 fully saturated rings. The number of carbonyl (C=O) groups is 2. The Hall–Kier alpha value is -2.35. The first-order chi connectivity index (χ1) is 8.57. The maximum absolute atomic E-state index is 11.8. The number of rotatable bonds is 4. The number of nitrogens with zero attached hydrogens (tertiary/aromatic N) is 1. The number of carboxylic acid groups (broad SMARTS) is 1. The van der Waals surface area contributed by atoms with E-state index in [1.165, 1.54) is 0 Å². The highest BCUT2D eigenvalue weighted by atomic mass is 16.4. The Balaban J connectivity index is 2.06. The van der Waals surface area contributed by atoms with Crippen LogP contribution in [0.4, 0.5) is 0 Å². The van der Waals surface area contributed by atoms with E-state index < -0.39 is 17.4 Å². The molecule has 18 heavy (non-hydrogen) atoms. The second kappa shape index (κ2) is 4.49. The van der Waals surface area contributed by atoms with Crippen LogP contribution < -0.4 is 5.32 Å². The summed E-state index contributed by atoms with van der Waals surface area (Å²) < 4.78 is 0. The molecule has 0 atom stereocenters. The number of benzene rings is 1. The van der Waals surface area contributed by atoms with Crippen LogP contribution in [-0.4, -0.2) is 22.5 Å². The minimum absolute atomic E-state index is 0.293. The zero-order chi connectivity index (χ0) is 13.2. The van der Waals surface area contributed by atoms with Gasteiger partial charge in [0.1, 0.15) is 5.54 Å². The number of amides is 1. The van der Waals surface area contributed by atoms with Crippen molar-refractivity contribution in [3.8, 4) is 6.07 Å². The third-order valence-electron chi connectivity index (χ3n) is 3.01. The molecule has 1 saturated carbocycles. The Morgan fingerprint density at radius 3 is 2.39 bits per heavy atom. The van der Waals surface area contributed by atoms with Gasteiger partial charge in [0.05, 0.1) is 12.5 Å². The van der Waals surface area contributed by atoms with Crippen LogP contribution in [0.3, 0.4) is 0 Å². The fraction of sp³-hybridized carbons (Fsp3) is 0.308. The van der Waals surface area contributed by atoms with Crippen LogP contribution in [0.2, 0.25) is 0 Å². The Labute approximate surface area is 104 Å². The predicted molar refractivity (Wildman–Crippen MR) is 62.8 cm³/mol. The van der Waals surface area contributed by atoms with Crippen LogP contribution in [0.15, 0.2) is 24.3 Å². The van der Waals surface area contributed by atoms with E-state index in [1.54, 1.807) is 24.3 Å². The van der Waals surface area contributed by atoms with Gasteiger partial charge < -0.3 is 10.4 Å². The van der Waals surface area contributed by atoms with Crippen molar-refractivity contribution in [3.05, 3.63) is 35.4 Å². The van der Waals surface area contributed by atoms with Gasteiger partial charge in [-0.3, -0.25) is 4.79 Å². The predicted octanol–water partition coefficient (Wildman–Crippen LogP) is 1.10. The average molecular weight is 244 g/mol. The molecule has 0 unspecified atom stereocenters. The summed E-state index contributed by atoms with van der Waals surface area (Å²) in [7, 11) is 0. The lowest BCUT2D eigenvalue weighted by atomic mass is 10.1. The maximum atomic E-state index is 11.8. The minimum Gasteiger partial charge on any atom is -0.480 e. The standard InChI is InChI=1S/C13H12N2O3/c14-8-5-9-1-3-10(4-2-9)11(16)15-13(6-7-13)12(17)18/h1-4H,5-7H2,(H,15,16)(H,17,18). The summed E-state index contributed by atoms with van der Waals surface area (Å²) in [6.07, 6.45) is 1.24. The van der Waals surface area contributed by atoms with Crippen LogP contribution in [0.5, 0.6) is 0 Å². The normalized spacial score (nSPS) is 15.5. The second-order valence-corrected chi connectivity index (χ2v) is 4.37. The average Bonchev–Trinajstić information content (AvgIpc) is 3.11. The van der Waals surface area contributed by atoms with Gasteiger partial charge in [0.25, 0.3) is 5.91 Å². The molecule has 0 aliphatic heterocycles. The molecule has 5 heteroatoms. The van der Waals surface area contributed by atoms with Gasteiger partial charge in [0, 0.05) is 5.56 Å². The fourth-order valence-electron chi connectivity index (χ4n) is 1.67. The molecule has 1 amide bonds.